The van der Waals surface area contributed by atoms with Crippen molar-refractivity contribution in [1.82, 2.24) is 4.90 Å². The zero-order valence-corrected chi connectivity index (χ0v) is 14.7. The fraction of sp³-hybridized carbons (Fsp3) is 0.409. The van der Waals surface area contributed by atoms with Gasteiger partial charge in [0.1, 0.15) is 6.61 Å². The number of aliphatic hydroxyl groups excluding tert-OH is 1. The summed E-state index contributed by atoms with van der Waals surface area (Å²) in [6, 6.07) is 16.8. The highest BCUT2D eigenvalue weighted by molar-refractivity contribution is 5.79. The Morgan fingerprint density at radius 1 is 0.962 bits per heavy atom. The van der Waals surface area contributed by atoms with Gasteiger partial charge in [0.2, 0.25) is 0 Å². The highest BCUT2D eigenvalue weighted by Gasteiger charge is 2.42. The molecule has 1 saturated heterocycles. The van der Waals surface area contributed by atoms with Crippen LogP contribution in [-0.2, 0) is 4.74 Å². The first-order chi connectivity index (χ1) is 12.7. The first-order valence-electron chi connectivity index (χ1n) is 9.48. The predicted octanol–water partition coefficient (Wildman–Crippen LogP) is 3.64. The number of ether oxygens (including phenoxy) is 1. The van der Waals surface area contributed by atoms with Gasteiger partial charge < -0.3 is 14.7 Å². The van der Waals surface area contributed by atoms with Crippen molar-refractivity contribution in [1.29, 1.82) is 0 Å². The maximum absolute atomic E-state index is 12.6. The minimum absolute atomic E-state index is 0.107. The van der Waals surface area contributed by atoms with Gasteiger partial charge in [-0.2, -0.15) is 0 Å². The summed E-state index contributed by atoms with van der Waals surface area (Å²) in [6.45, 7) is 1.82. The Labute approximate surface area is 153 Å². The molecular weight excluding hydrogens is 326 g/mol. The second-order valence-electron chi connectivity index (χ2n) is 7.85. The van der Waals surface area contributed by atoms with Gasteiger partial charge in [-0.05, 0) is 46.9 Å². The van der Waals surface area contributed by atoms with Gasteiger partial charge in [0, 0.05) is 19.0 Å². The van der Waals surface area contributed by atoms with E-state index < -0.39 is 0 Å². The van der Waals surface area contributed by atoms with Crippen LogP contribution in [0.15, 0.2) is 48.5 Å². The minimum atomic E-state index is -0.212. The van der Waals surface area contributed by atoms with E-state index in [2.05, 4.69) is 36.4 Å². The molecule has 1 heterocycles. The molecule has 2 aromatic rings. The van der Waals surface area contributed by atoms with Gasteiger partial charge in [0.25, 0.3) is 0 Å². The largest absolute Gasteiger partial charge is 0.448 e. The SMILES string of the molecule is O=C(OCC1c2ccccc2-c2ccccc21)N1C[C@H]2CC(O)C[C@H]2C1. The standard InChI is InChI=1S/C22H23NO3/c24-16-9-14-11-23(12-15(14)10-16)22(25)26-13-21-19-7-3-1-5-17(19)18-6-2-4-8-20(18)21/h1-8,14-16,21,24H,9-13H2/t14-,15+,16?. The number of nitrogens with zero attached hydrogens (tertiary/aromatic N) is 1. The molecule has 0 radical (unpaired) electrons. The summed E-state index contributed by atoms with van der Waals surface area (Å²) in [4.78, 5) is 14.4. The van der Waals surface area contributed by atoms with Crippen LogP contribution in [-0.4, -0.2) is 41.9 Å². The van der Waals surface area contributed by atoms with Crippen LogP contribution in [0, 0.1) is 11.8 Å². The molecule has 2 fully saturated rings. The topological polar surface area (TPSA) is 49.8 Å². The molecule has 1 saturated carbocycles. The number of hydrogen-bond acceptors (Lipinski definition) is 3. The Morgan fingerprint density at radius 2 is 1.50 bits per heavy atom. The van der Waals surface area contributed by atoms with Gasteiger partial charge in [-0.3, -0.25) is 0 Å². The highest BCUT2D eigenvalue weighted by Crippen LogP contribution is 2.44. The zero-order chi connectivity index (χ0) is 17.7. The van der Waals surface area contributed by atoms with Crippen molar-refractivity contribution in [3.05, 3.63) is 59.7 Å². The van der Waals surface area contributed by atoms with Crippen LogP contribution in [0.2, 0.25) is 0 Å². The Morgan fingerprint density at radius 3 is 2.08 bits per heavy atom. The van der Waals surface area contributed by atoms with Crippen LogP contribution in [0.3, 0.4) is 0 Å². The van der Waals surface area contributed by atoms with Crippen LogP contribution in [0.4, 0.5) is 4.79 Å². The number of amides is 1. The summed E-state index contributed by atoms with van der Waals surface area (Å²) in [7, 11) is 0. The van der Waals surface area contributed by atoms with Crippen LogP contribution >= 0.6 is 0 Å². The lowest BCUT2D eigenvalue weighted by atomic mass is 9.98. The third-order valence-corrected chi connectivity index (χ3v) is 6.32. The molecule has 0 bridgehead atoms. The minimum Gasteiger partial charge on any atom is -0.448 e. The van der Waals surface area contributed by atoms with Crippen LogP contribution in [0.25, 0.3) is 11.1 Å². The van der Waals surface area contributed by atoms with E-state index in [1.165, 1.54) is 22.3 Å². The number of aliphatic hydroxyl groups is 1. The summed E-state index contributed by atoms with van der Waals surface area (Å²) >= 11 is 0. The summed E-state index contributed by atoms with van der Waals surface area (Å²) in [6.07, 6.45) is 1.24. The number of rotatable bonds is 2. The molecule has 2 aromatic carbocycles. The highest BCUT2D eigenvalue weighted by atomic mass is 16.6. The van der Waals surface area contributed by atoms with Gasteiger partial charge in [-0.1, -0.05) is 48.5 Å². The number of benzene rings is 2. The second kappa shape index (κ2) is 6.13. The summed E-state index contributed by atoms with van der Waals surface area (Å²) in [5, 5.41) is 9.76. The number of hydrogen-bond donors (Lipinski definition) is 1. The molecular formula is C22H23NO3. The molecule has 2 aliphatic carbocycles. The molecule has 4 nitrogen and oxygen atoms in total. The van der Waals surface area contributed by atoms with E-state index in [1.54, 1.807) is 0 Å². The first kappa shape index (κ1) is 15.9. The van der Waals surface area contributed by atoms with Crippen molar-refractivity contribution in [2.45, 2.75) is 24.9 Å². The summed E-state index contributed by atoms with van der Waals surface area (Å²) in [5.74, 6) is 0.978. The van der Waals surface area contributed by atoms with E-state index in [0.717, 1.165) is 25.9 Å². The first-order valence-corrected chi connectivity index (χ1v) is 9.48. The number of fused-ring (bicyclic) bond motifs is 4. The van der Waals surface area contributed by atoms with Crippen molar-refractivity contribution in [3.63, 3.8) is 0 Å². The monoisotopic (exact) mass is 349 g/mol. The van der Waals surface area contributed by atoms with Crippen molar-refractivity contribution in [2.75, 3.05) is 19.7 Å². The lowest BCUT2D eigenvalue weighted by Gasteiger charge is -2.20. The lowest BCUT2D eigenvalue weighted by molar-refractivity contribution is 0.100. The molecule has 5 rings (SSSR count). The quantitative estimate of drug-likeness (QED) is 0.901. The molecule has 3 aliphatic rings. The van der Waals surface area contributed by atoms with Crippen molar-refractivity contribution < 1.29 is 14.6 Å². The molecule has 26 heavy (non-hydrogen) atoms. The van der Waals surface area contributed by atoms with E-state index in [4.69, 9.17) is 4.74 Å². The van der Waals surface area contributed by atoms with Crippen molar-refractivity contribution >= 4 is 6.09 Å². The maximum Gasteiger partial charge on any atom is 0.409 e. The Kier molecular flexibility index (Phi) is 3.75. The second-order valence-corrected chi connectivity index (χ2v) is 7.85. The average Bonchev–Trinajstić information content (AvgIpc) is 3.29. The van der Waals surface area contributed by atoms with E-state index in [0.29, 0.717) is 18.4 Å². The zero-order valence-electron chi connectivity index (χ0n) is 14.7. The van der Waals surface area contributed by atoms with Crippen LogP contribution in [0.1, 0.15) is 29.9 Å². The van der Waals surface area contributed by atoms with Gasteiger partial charge in [-0.15, -0.1) is 0 Å². The molecule has 0 spiro atoms. The normalized spacial score (nSPS) is 26.5. The van der Waals surface area contributed by atoms with Gasteiger partial charge in [-0.25, -0.2) is 4.79 Å². The smallest absolute Gasteiger partial charge is 0.409 e. The fourth-order valence-electron chi connectivity index (χ4n) is 5.10. The molecule has 0 aromatic heterocycles. The number of likely N-dealkylation sites (tertiary alicyclic amines) is 1. The van der Waals surface area contributed by atoms with E-state index >= 15 is 0 Å². The Balaban J connectivity index is 1.29. The molecule has 4 heteroatoms. The van der Waals surface area contributed by atoms with Gasteiger partial charge in [0.15, 0.2) is 0 Å². The molecule has 1 unspecified atom stereocenters. The van der Waals surface area contributed by atoms with E-state index in [-0.39, 0.29) is 18.1 Å². The van der Waals surface area contributed by atoms with Crippen LogP contribution < -0.4 is 0 Å². The summed E-state index contributed by atoms with van der Waals surface area (Å²) in [5.41, 5.74) is 4.97. The third-order valence-electron chi connectivity index (χ3n) is 6.32. The Bertz CT molecular complexity index is 789. The van der Waals surface area contributed by atoms with Gasteiger partial charge in [0.05, 0.1) is 6.10 Å². The van der Waals surface area contributed by atoms with E-state index in [1.807, 2.05) is 17.0 Å². The van der Waals surface area contributed by atoms with Crippen molar-refractivity contribution in [3.8, 4) is 11.1 Å². The van der Waals surface area contributed by atoms with E-state index in [9.17, 15) is 9.90 Å². The summed E-state index contributed by atoms with van der Waals surface area (Å²) < 4.78 is 5.74. The number of carbonyl (C=O) groups is 1. The molecule has 1 aliphatic heterocycles. The van der Waals surface area contributed by atoms with Crippen LogP contribution in [0.5, 0.6) is 0 Å². The average molecular weight is 349 g/mol. The number of carbonyl (C=O) groups excluding carboxylic acids is 1. The molecule has 1 N–H and O–H groups in total. The van der Waals surface area contributed by atoms with Crippen molar-refractivity contribution in [2.24, 2.45) is 11.8 Å². The predicted molar refractivity (Wildman–Crippen MR) is 98.9 cm³/mol. The third kappa shape index (κ3) is 2.52. The maximum atomic E-state index is 12.6. The fourth-order valence-corrected chi connectivity index (χ4v) is 5.10. The Hall–Kier alpha value is -2.33. The molecule has 1 amide bonds. The van der Waals surface area contributed by atoms with Gasteiger partial charge >= 0.3 is 6.09 Å². The molecule has 134 valence electrons. The molecule has 3 atom stereocenters. The lowest BCUT2D eigenvalue weighted by Crippen LogP contribution is -2.31.